The van der Waals surface area contributed by atoms with Crippen molar-refractivity contribution < 1.29 is 43.1 Å². The Balaban J connectivity index is 3.55. The minimum atomic E-state index is -2.28. The van der Waals surface area contributed by atoms with E-state index in [1.165, 1.54) is 10.7 Å². The maximum Gasteiger partial charge on any atom is 0.202 e. The lowest BCUT2D eigenvalue weighted by Gasteiger charge is -2.56. The average molecular weight is 819 g/mol. The number of methoxy groups -OCH3 is 3. The van der Waals surface area contributed by atoms with Gasteiger partial charge in [-0.15, -0.1) is 0 Å². The Bertz CT molecular complexity index is 964. The zero-order valence-corrected chi connectivity index (χ0v) is 36.6. The molecule has 1 fully saturated rings. The second kappa shape index (κ2) is 18.3. The second-order valence-corrected chi connectivity index (χ2v) is 27.9. The third-order valence-electron chi connectivity index (χ3n) is 11.1. The van der Waals surface area contributed by atoms with Gasteiger partial charge < -0.3 is 43.1 Å². The standard InChI is InChI=1S/C35H71IO9Si2/c1-23(36)18-17-19-28(44-46(13,14)33(4,5)6)30(41-11)21-27(38)32(39)35(42-12)25(3)31(45-47(15,16)34(7,8)9)24(2)29(43-35)20-26(37)22-40-10/h18,24-32,37-39H,17,19-22H2,1-16H3/b23-18+/t24-,25+,26+,27-,28-,29+,30-,31-,32+,35+/m0/s1. The highest BCUT2D eigenvalue weighted by Crippen LogP contribution is 2.48. The molecule has 1 saturated heterocycles. The highest BCUT2D eigenvalue weighted by Gasteiger charge is 2.59. The van der Waals surface area contributed by atoms with Crippen LogP contribution in [0.2, 0.25) is 36.3 Å². The Kier molecular flexibility index (Phi) is 17.8. The van der Waals surface area contributed by atoms with Crippen molar-refractivity contribution in [1.82, 2.24) is 0 Å². The van der Waals surface area contributed by atoms with Crippen LogP contribution in [0.3, 0.4) is 0 Å². The topological polar surface area (TPSA) is 116 Å². The molecule has 1 aliphatic heterocycles. The SMILES string of the molecule is COC[C@H](O)C[C@H]1O[C@@](OC)([C@H](O)[C@@H](O)C[C@H](OC)[C@H](CC/C=C(\C)I)O[Si](C)(C)C(C)(C)C)[C@H](C)[C@@H](O[Si](C)(C)C(C)(C)C)[C@H]1C. The molecule has 10 atom stereocenters. The summed E-state index contributed by atoms with van der Waals surface area (Å²) in [5, 5.41) is 34.6. The molecule has 0 unspecified atom stereocenters. The fraction of sp³-hybridized carbons (Fsp3) is 0.943. The number of ether oxygens (including phenoxy) is 4. The Morgan fingerprint density at radius 2 is 1.49 bits per heavy atom. The summed E-state index contributed by atoms with van der Waals surface area (Å²) in [5.74, 6) is -2.18. The summed E-state index contributed by atoms with van der Waals surface area (Å²) in [6, 6.07) is 0. The van der Waals surface area contributed by atoms with E-state index in [4.69, 9.17) is 27.8 Å². The maximum atomic E-state index is 12.1. The molecule has 0 radical (unpaired) electrons. The molecule has 3 N–H and O–H groups in total. The van der Waals surface area contributed by atoms with Gasteiger partial charge in [0.05, 0.1) is 43.2 Å². The summed E-state index contributed by atoms with van der Waals surface area (Å²) in [4.78, 5) is 0. The van der Waals surface area contributed by atoms with Gasteiger partial charge in [-0.2, -0.15) is 0 Å². The normalized spacial score (nSPS) is 28.6. The predicted molar refractivity (Wildman–Crippen MR) is 204 cm³/mol. The fourth-order valence-electron chi connectivity index (χ4n) is 5.92. The number of aliphatic hydroxyl groups excluding tert-OH is 3. The molecule has 0 aromatic heterocycles. The van der Waals surface area contributed by atoms with Crippen LogP contribution in [0.4, 0.5) is 0 Å². The van der Waals surface area contributed by atoms with Crippen molar-refractivity contribution >= 4 is 39.2 Å². The van der Waals surface area contributed by atoms with Gasteiger partial charge in [-0.05, 0) is 82.2 Å². The number of hydrogen-bond donors (Lipinski definition) is 3. The molecule has 0 bridgehead atoms. The van der Waals surface area contributed by atoms with Gasteiger partial charge >= 0.3 is 0 Å². The third-order valence-corrected chi connectivity index (χ3v) is 20.5. The zero-order valence-electron chi connectivity index (χ0n) is 32.5. The number of aliphatic hydroxyl groups is 3. The first-order valence-electron chi connectivity index (χ1n) is 17.3. The zero-order chi connectivity index (χ0) is 36.8. The maximum absolute atomic E-state index is 12.1. The van der Waals surface area contributed by atoms with E-state index in [0.717, 1.165) is 12.8 Å². The molecule has 280 valence electrons. The van der Waals surface area contributed by atoms with E-state index in [-0.39, 0.29) is 47.7 Å². The molecule has 0 amide bonds. The summed E-state index contributed by atoms with van der Waals surface area (Å²) >= 11 is 2.31. The number of allylic oxidation sites excluding steroid dienone is 2. The van der Waals surface area contributed by atoms with Gasteiger partial charge in [-0.25, -0.2) is 0 Å². The van der Waals surface area contributed by atoms with Gasteiger partial charge in [0.1, 0.15) is 6.10 Å². The number of rotatable bonds is 18. The van der Waals surface area contributed by atoms with Gasteiger partial charge in [0.2, 0.25) is 5.79 Å². The Hall–Kier alpha value is 0.544. The van der Waals surface area contributed by atoms with E-state index in [1.807, 2.05) is 6.92 Å². The quantitative estimate of drug-likeness (QED) is 0.0961. The van der Waals surface area contributed by atoms with Gasteiger partial charge in [0.25, 0.3) is 0 Å². The molecule has 1 rings (SSSR count). The molecule has 0 aromatic carbocycles. The Morgan fingerprint density at radius 1 is 0.936 bits per heavy atom. The van der Waals surface area contributed by atoms with Crippen molar-refractivity contribution in [2.45, 2.75) is 173 Å². The van der Waals surface area contributed by atoms with Crippen molar-refractivity contribution in [3.8, 4) is 0 Å². The summed E-state index contributed by atoms with van der Waals surface area (Å²) in [6.07, 6.45) is -1.05. The van der Waals surface area contributed by atoms with E-state index >= 15 is 0 Å². The van der Waals surface area contributed by atoms with E-state index in [0.29, 0.717) is 0 Å². The molecule has 0 aromatic rings. The van der Waals surface area contributed by atoms with Crippen molar-refractivity contribution in [2.24, 2.45) is 11.8 Å². The summed E-state index contributed by atoms with van der Waals surface area (Å²) in [6.45, 7) is 28.3. The minimum absolute atomic E-state index is 0.0135. The lowest BCUT2D eigenvalue weighted by atomic mass is 9.76. The fourth-order valence-corrected chi connectivity index (χ4v) is 9.06. The molecular formula is C35H71IO9Si2. The summed E-state index contributed by atoms with van der Waals surface area (Å²) in [7, 11) is 0.205. The lowest BCUT2D eigenvalue weighted by Crippen LogP contribution is -2.68. The van der Waals surface area contributed by atoms with Gasteiger partial charge in [0.15, 0.2) is 16.6 Å². The van der Waals surface area contributed by atoms with Crippen LogP contribution in [0.15, 0.2) is 9.66 Å². The highest BCUT2D eigenvalue weighted by atomic mass is 127. The van der Waals surface area contributed by atoms with Crippen molar-refractivity contribution in [3.05, 3.63) is 9.66 Å². The molecular weight excluding hydrogens is 747 g/mol. The smallest absolute Gasteiger partial charge is 0.202 e. The number of halogens is 1. The van der Waals surface area contributed by atoms with Crippen LogP contribution < -0.4 is 0 Å². The van der Waals surface area contributed by atoms with Gasteiger partial charge in [-0.3, -0.25) is 0 Å². The molecule has 12 heteroatoms. The van der Waals surface area contributed by atoms with Crippen LogP contribution in [-0.2, 0) is 27.8 Å². The molecule has 1 aliphatic rings. The van der Waals surface area contributed by atoms with Crippen molar-refractivity contribution in [2.75, 3.05) is 27.9 Å². The third kappa shape index (κ3) is 12.0. The lowest BCUT2D eigenvalue weighted by molar-refractivity contribution is -0.369. The first-order chi connectivity index (χ1) is 21.3. The molecule has 1 heterocycles. The van der Waals surface area contributed by atoms with E-state index in [9.17, 15) is 15.3 Å². The van der Waals surface area contributed by atoms with Crippen molar-refractivity contribution in [1.29, 1.82) is 0 Å². The average Bonchev–Trinajstić information content (AvgIpc) is 2.93. The largest absolute Gasteiger partial charge is 0.413 e. The molecule has 9 nitrogen and oxygen atoms in total. The van der Waals surface area contributed by atoms with E-state index in [1.54, 1.807) is 14.2 Å². The van der Waals surface area contributed by atoms with Crippen LogP contribution in [-0.4, -0.2) is 108 Å². The number of hydrogen-bond acceptors (Lipinski definition) is 9. The van der Waals surface area contributed by atoms with E-state index < -0.39 is 58.9 Å². The second-order valence-electron chi connectivity index (χ2n) is 16.7. The van der Waals surface area contributed by atoms with Gasteiger partial charge in [0, 0.05) is 46.0 Å². The molecule has 47 heavy (non-hydrogen) atoms. The van der Waals surface area contributed by atoms with E-state index in [2.05, 4.69) is 110 Å². The Labute approximate surface area is 303 Å². The van der Waals surface area contributed by atoms with Crippen LogP contribution >= 0.6 is 22.6 Å². The van der Waals surface area contributed by atoms with Gasteiger partial charge in [-0.1, -0.05) is 61.5 Å². The van der Waals surface area contributed by atoms with Crippen LogP contribution in [0, 0.1) is 11.8 Å². The van der Waals surface area contributed by atoms with Crippen LogP contribution in [0.25, 0.3) is 0 Å². The Morgan fingerprint density at radius 3 is 1.94 bits per heavy atom. The summed E-state index contributed by atoms with van der Waals surface area (Å²) < 4.78 is 39.2. The first kappa shape index (κ1) is 45.6. The van der Waals surface area contributed by atoms with Crippen LogP contribution in [0.1, 0.15) is 88.0 Å². The monoisotopic (exact) mass is 818 g/mol. The highest BCUT2D eigenvalue weighted by molar-refractivity contribution is 14.1. The molecule has 0 spiro atoms. The van der Waals surface area contributed by atoms with Crippen LogP contribution in [0.5, 0.6) is 0 Å². The molecule has 0 saturated carbocycles. The van der Waals surface area contributed by atoms with Crippen molar-refractivity contribution in [3.63, 3.8) is 0 Å². The first-order valence-corrected chi connectivity index (χ1v) is 24.2. The summed E-state index contributed by atoms with van der Waals surface area (Å²) in [5.41, 5.74) is 0. The minimum Gasteiger partial charge on any atom is -0.413 e. The molecule has 0 aliphatic carbocycles. The predicted octanol–water partition coefficient (Wildman–Crippen LogP) is 7.42.